The molecule has 1 heterocycles. The maximum atomic E-state index is 9.17. The van der Waals surface area contributed by atoms with Gasteiger partial charge >= 0.3 is 0 Å². The summed E-state index contributed by atoms with van der Waals surface area (Å²) in [5.74, 6) is 0.802. The third-order valence-electron chi connectivity index (χ3n) is 4.29. The van der Waals surface area contributed by atoms with E-state index in [2.05, 4.69) is 42.7 Å². The van der Waals surface area contributed by atoms with Gasteiger partial charge in [0.05, 0.1) is 17.1 Å². The molecule has 0 atom stereocenters. The Morgan fingerprint density at radius 2 is 1.95 bits per heavy atom. The molecule has 0 fully saturated rings. The Kier molecular flexibility index (Phi) is 3.60. The Labute approximate surface area is 130 Å². The minimum Gasteiger partial charge on any atom is -0.385 e. The third-order valence-corrected chi connectivity index (χ3v) is 4.29. The summed E-state index contributed by atoms with van der Waals surface area (Å²) in [4.78, 5) is 0. The van der Waals surface area contributed by atoms with Crippen LogP contribution < -0.4 is 5.73 Å². The van der Waals surface area contributed by atoms with E-state index >= 15 is 0 Å². The lowest BCUT2D eigenvalue weighted by molar-refractivity contribution is 0.805. The first-order chi connectivity index (χ1) is 10.7. The standard InChI is InChI=1S/C19H19N3/c1-3-22-18-9-8-14(12-20)10-16(18)17(19(22)21)11-15-7-5-4-6-13(15)2/h4-10H,3,11,21H2,1-2H3. The first-order valence-corrected chi connectivity index (χ1v) is 7.51. The molecular formula is C19H19N3. The monoisotopic (exact) mass is 289 g/mol. The highest BCUT2D eigenvalue weighted by Crippen LogP contribution is 2.31. The van der Waals surface area contributed by atoms with Gasteiger partial charge in [-0.1, -0.05) is 24.3 Å². The van der Waals surface area contributed by atoms with E-state index in [4.69, 9.17) is 11.0 Å². The van der Waals surface area contributed by atoms with E-state index in [0.717, 1.165) is 35.2 Å². The highest BCUT2D eigenvalue weighted by Gasteiger charge is 2.15. The number of nitrogens with zero attached hydrogens (tertiary/aromatic N) is 2. The predicted molar refractivity (Wildman–Crippen MR) is 90.7 cm³/mol. The summed E-state index contributed by atoms with van der Waals surface area (Å²) in [6.07, 6.45) is 0.789. The zero-order valence-electron chi connectivity index (χ0n) is 12.9. The zero-order valence-corrected chi connectivity index (χ0v) is 12.9. The average Bonchev–Trinajstić information content (AvgIpc) is 2.80. The van der Waals surface area contributed by atoms with Gasteiger partial charge in [-0.2, -0.15) is 5.26 Å². The number of hydrogen-bond donors (Lipinski definition) is 1. The molecule has 1 aromatic heterocycles. The van der Waals surface area contributed by atoms with Crippen LogP contribution in [0.2, 0.25) is 0 Å². The Morgan fingerprint density at radius 3 is 2.64 bits per heavy atom. The highest BCUT2D eigenvalue weighted by atomic mass is 15.0. The normalized spacial score (nSPS) is 10.8. The average molecular weight is 289 g/mol. The predicted octanol–water partition coefficient (Wildman–Crippen LogP) is 4.01. The van der Waals surface area contributed by atoms with Crippen LogP contribution >= 0.6 is 0 Å². The fraction of sp³-hybridized carbons (Fsp3) is 0.211. The lowest BCUT2D eigenvalue weighted by Gasteiger charge is -2.07. The number of benzene rings is 2. The van der Waals surface area contributed by atoms with Gasteiger partial charge in [-0.15, -0.1) is 0 Å². The van der Waals surface area contributed by atoms with Gasteiger partial charge in [-0.05, 0) is 43.2 Å². The number of aromatic nitrogens is 1. The van der Waals surface area contributed by atoms with E-state index in [0.29, 0.717) is 5.56 Å². The van der Waals surface area contributed by atoms with Gasteiger partial charge in [0.2, 0.25) is 0 Å². The molecule has 22 heavy (non-hydrogen) atoms. The van der Waals surface area contributed by atoms with Crippen molar-refractivity contribution in [3.05, 3.63) is 64.7 Å². The molecule has 3 heteroatoms. The van der Waals surface area contributed by atoms with Crippen LogP contribution in [0.4, 0.5) is 5.82 Å². The van der Waals surface area contributed by atoms with Crippen molar-refractivity contribution >= 4 is 16.7 Å². The molecular weight excluding hydrogens is 270 g/mol. The molecule has 0 bridgehead atoms. The number of nitrogen functional groups attached to an aromatic ring is 1. The van der Waals surface area contributed by atoms with Gasteiger partial charge in [0.25, 0.3) is 0 Å². The fourth-order valence-corrected chi connectivity index (χ4v) is 3.04. The topological polar surface area (TPSA) is 54.7 Å². The minimum absolute atomic E-state index is 0.673. The molecule has 0 aliphatic carbocycles. The van der Waals surface area contributed by atoms with Crippen LogP contribution in [-0.2, 0) is 13.0 Å². The van der Waals surface area contributed by atoms with Gasteiger partial charge in [0, 0.05) is 23.9 Å². The minimum atomic E-state index is 0.673. The molecule has 0 saturated heterocycles. The van der Waals surface area contributed by atoms with Gasteiger partial charge in [-0.3, -0.25) is 0 Å². The largest absolute Gasteiger partial charge is 0.385 e. The van der Waals surface area contributed by atoms with Crippen molar-refractivity contribution < 1.29 is 0 Å². The number of nitriles is 1. The lowest BCUT2D eigenvalue weighted by Crippen LogP contribution is -2.02. The molecule has 3 rings (SSSR count). The summed E-state index contributed by atoms with van der Waals surface area (Å²) in [5, 5.41) is 10.3. The number of rotatable bonds is 3. The molecule has 3 nitrogen and oxygen atoms in total. The van der Waals surface area contributed by atoms with E-state index in [1.165, 1.54) is 11.1 Å². The second-order valence-corrected chi connectivity index (χ2v) is 5.56. The number of hydrogen-bond acceptors (Lipinski definition) is 2. The molecule has 0 radical (unpaired) electrons. The summed E-state index contributed by atoms with van der Waals surface area (Å²) in [5.41, 5.74) is 11.8. The summed E-state index contributed by atoms with van der Waals surface area (Å²) in [6, 6.07) is 16.4. The molecule has 3 aromatic rings. The first-order valence-electron chi connectivity index (χ1n) is 7.51. The maximum absolute atomic E-state index is 9.17. The molecule has 2 N–H and O–H groups in total. The van der Waals surface area contributed by atoms with Crippen molar-refractivity contribution in [3.8, 4) is 6.07 Å². The molecule has 2 aromatic carbocycles. The van der Waals surface area contributed by atoms with Gasteiger partial charge in [-0.25, -0.2) is 0 Å². The van der Waals surface area contributed by atoms with Crippen LogP contribution in [0.1, 0.15) is 29.2 Å². The summed E-state index contributed by atoms with van der Waals surface area (Å²) in [7, 11) is 0. The summed E-state index contributed by atoms with van der Waals surface area (Å²) in [6.45, 7) is 5.03. The van der Waals surface area contributed by atoms with Crippen LogP contribution in [0, 0.1) is 18.3 Å². The van der Waals surface area contributed by atoms with Crippen LogP contribution in [0.5, 0.6) is 0 Å². The van der Waals surface area contributed by atoms with Gasteiger partial charge in [0.1, 0.15) is 5.82 Å². The lowest BCUT2D eigenvalue weighted by atomic mass is 9.99. The molecule has 0 saturated carbocycles. The second kappa shape index (κ2) is 5.57. The van der Waals surface area contributed by atoms with Crippen LogP contribution in [-0.4, -0.2) is 4.57 Å². The van der Waals surface area contributed by atoms with Crippen molar-refractivity contribution in [1.82, 2.24) is 4.57 Å². The van der Waals surface area contributed by atoms with E-state index in [-0.39, 0.29) is 0 Å². The first kappa shape index (κ1) is 14.2. The molecule has 110 valence electrons. The van der Waals surface area contributed by atoms with Crippen LogP contribution in [0.3, 0.4) is 0 Å². The van der Waals surface area contributed by atoms with Crippen molar-refractivity contribution in [1.29, 1.82) is 5.26 Å². The van der Waals surface area contributed by atoms with Crippen molar-refractivity contribution in [2.75, 3.05) is 5.73 Å². The van der Waals surface area contributed by atoms with E-state index in [9.17, 15) is 0 Å². The van der Waals surface area contributed by atoms with E-state index in [1.807, 2.05) is 24.3 Å². The number of fused-ring (bicyclic) bond motifs is 1. The number of nitrogens with two attached hydrogens (primary N) is 1. The second-order valence-electron chi connectivity index (χ2n) is 5.56. The Morgan fingerprint density at radius 1 is 1.18 bits per heavy atom. The van der Waals surface area contributed by atoms with Crippen molar-refractivity contribution in [2.24, 2.45) is 0 Å². The van der Waals surface area contributed by atoms with Crippen molar-refractivity contribution in [2.45, 2.75) is 26.8 Å². The highest BCUT2D eigenvalue weighted by molar-refractivity contribution is 5.90. The third kappa shape index (κ3) is 2.23. The summed E-state index contributed by atoms with van der Waals surface area (Å²) >= 11 is 0. The van der Waals surface area contributed by atoms with Crippen LogP contribution in [0.15, 0.2) is 42.5 Å². The van der Waals surface area contributed by atoms with Gasteiger partial charge in [0.15, 0.2) is 0 Å². The summed E-state index contributed by atoms with van der Waals surface area (Å²) < 4.78 is 2.12. The Bertz CT molecular complexity index is 882. The molecule has 0 amide bonds. The molecule has 0 unspecified atom stereocenters. The quantitative estimate of drug-likeness (QED) is 0.792. The van der Waals surface area contributed by atoms with Crippen molar-refractivity contribution in [3.63, 3.8) is 0 Å². The smallest absolute Gasteiger partial charge is 0.107 e. The number of anilines is 1. The van der Waals surface area contributed by atoms with E-state index in [1.54, 1.807) is 0 Å². The fourth-order valence-electron chi connectivity index (χ4n) is 3.04. The Hall–Kier alpha value is -2.73. The molecule has 0 aliphatic heterocycles. The number of aryl methyl sites for hydroxylation is 2. The van der Waals surface area contributed by atoms with Crippen LogP contribution in [0.25, 0.3) is 10.9 Å². The molecule has 0 spiro atoms. The Balaban J connectivity index is 2.22. The molecule has 0 aliphatic rings. The SMILES string of the molecule is CCn1c(N)c(Cc2ccccc2C)c2cc(C#N)ccc21. The van der Waals surface area contributed by atoms with Gasteiger partial charge < -0.3 is 10.3 Å². The maximum Gasteiger partial charge on any atom is 0.107 e. The van der Waals surface area contributed by atoms with E-state index < -0.39 is 0 Å². The zero-order chi connectivity index (χ0) is 15.7.